The predicted molar refractivity (Wildman–Crippen MR) is 115 cm³/mol. The van der Waals surface area contributed by atoms with Crippen molar-refractivity contribution in [1.82, 2.24) is 19.0 Å². The Balaban J connectivity index is 1.45. The van der Waals surface area contributed by atoms with Crippen molar-refractivity contribution >= 4 is 10.9 Å². The first kappa shape index (κ1) is 19.8. The van der Waals surface area contributed by atoms with E-state index >= 15 is 0 Å². The molecule has 1 N–H and O–H groups in total. The van der Waals surface area contributed by atoms with E-state index in [-0.39, 0.29) is 23.7 Å². The van der Waals surface area contributed by atoms with E-state index in [0.717, 1.165) is 49.2 Å². The number of likely N-dealkylation sites (tertiary alicyclic amines) is 1. The molecule has 2 aliphatic rings. The van der Waals surface area contributed by atoms with Gasteiger partial charge in [0.25, 0.3) is 0 Å². The fraction of sp³-hybridized carbons (Fsp3) is 0.542. The average molecular weight is 411 g/mol. The molecule has 160 valence electrons. The van der Waals surface area contributed by atoms with Crippen LogP contribution in [0.5, 0.6) is 0 Å². The van der Waals surface area contributed by atoms with Gasteiger partial charge in [0.1, 0.15) is 17.2 Å². The molecule has 0 amide bonds. The minimum absolute atomic E-state index is 0.182. The van der Waals surface area contributed by atoms with Gasteiger partial charge < -0.3 is 14.2 Å². The highest BCUT2D eigenvalue weighted by Gasteiger charge is 2.53. The summed E-state index contributed by atoms with van der Waals surface area (Å²) >= 11 is 0. The maximum absolute atomic E-state index is 13.9. The van der Waals surface area contributed by atoms with Gasteiger partial charge in [0.05, 0.1) is 5.52 Å². The number of halogens is 1. The van der Waals surface area contributed by atoms with Crippen LogP contribution in [0.2, 0.25) is 0 Å². The van der Waals surface area contributed by atoms with Gasteiger partial charge in [0.2, 0.25) is 0 Å². The Morgan fingerprint density at radius 3 is 2.60 bits per heavy atom. The minimum Gasteiger partial charge on any atom is -0.381 e. The minimum atomic E-state index is -0.845. The van der Waals surface area contributed by atoms with E-state index in [1.807, 2.05) is 23.9 Å². The molecule has 3 aromatic rings. The fourth-order valence-corrected chi connectivity index (χ4v) is 5.88. The number of fused-ring (bicyclic) bond motifs is 3. The number of imidazole rings is 1. The van der Waals surface area contributed by atoms with Gasteiger partial charge in [-0.1, -0.05) is 6.42 Å². The van der Waals surface area contributed by atoms with E-state index in [2.05, 4.69) is 34.5 Å². The zero-order valence-corrected chi connectivity index (χ0v) is 18.1. The van der Waals surface area contributed by atoms with Crippen LogP contribution in [-0.2, 0) is 19.2 Å². The second-order valence-electron chi connectivity index (χ2n) is 9.52. The lowest BCUT2D eigenvalue weighted by molar-refractivity contribution is -0.155. The van der Waals surface area contributed by atoms with Gasteiger partial charge in [-0.25, -0.2) is 9.37 Å². The molecule has 2 atom stereocenters. The molecule has 1 aromatic carbocycles. The Labute approximate surface area is 177 Å². The van der Waals surface area contributed by atoms with Crippen molar-refractivity contribution in [3.63, 3.8) is 0 Å². The van der Waals surface area contributed by atoms with Gasteiger partial charge in [0.15, 0.2) is 0 Å². The summed E-state index contributed by atoms with van der Waals surface area (Å²) in [6.07, 6.45) is 9.11. The molecule has 1 aliphatic heterocycles. The zero-order valence-electron chi connectivity index (χ0n) is 18.1. The molecular weight excluding hydrogens is 379 g/mol. The summed E-state index contributed by atoms with van der Waals surface area (Å²) < 4.78 is 18.0. The third kappa shape index (κ3) is 3.00. The molecule has 2 fully saturated rings. The van der Waals surface area contributed by atoms with Crippen LogP contribution in [0.1, 0.15) is 50.5 Å². The topological polar surface area (TPSA) is 46.2 Å². The Hall–Kier alpha value is -2.18. The summed E-state index contributed by atoms with van der Waals surface area (Å²) in [6.45, 7) is 6.80. The van der Waals surface area contributed by atoms with Crippen LogP contribution in [0.25, 0.3) is 10.9 Å². The standard InChI is InChI=1S/C24H31FN4O/c1-16(2)29-13-17(21-8-7-20(25)11-22(21)29)12-28-14-18-5-4-6-19(15-28)24(18,30)23-26-9-10-27(23)3/h7-11,13,16,18-19,30H,4-6,12,14-15H2,1-3H3/t18-,19-/m0/s1. The summed E-state index contributed by atoms with van der Waals surface area (Å²) in [5.74, 6) is 0.981. The normalized spacial score (nSPS) is 27.3. The van der Waals surface area contributed by atoms with Crippen molar-refractivity contribution in [2.75, 3.05) is 13.1 Å². The lowest BCUT2D eigenvalue weighted by atomic mass is 9.65. The number of benzene rings is 1. The highest BCUT2D eigenvalue weighted by Crippen LogP contribution is 2.48. The van der Waals surface area contributed by atoms with Crippen molar-refractivity contribution in [1.29, 1.82) is 0 Å². The Kier molecular flexibility index (Phi) is 4.75. The molecule has 5 rings (SSSR count). The Bertz CT molecular complexity index is 1050. The quantitative estimate of drug-likeness (QED) is 0.701. The average Bonchev–Trinajstić information content (AvgIpc) is 3.26. The first-order valence-corrected chi connectivity index (χ1v) is 11.1. The Morgan fingerprint density at radius 2 is 1.97 bits per heavy atom. The van der Waals surface area contributed by atoms with Crippen molar-refractivity contribution < 1.29 is 9.50 Å². The molecular formula is C24H31FN4O. The van der Waals surface area contributed by atoms with E-state index in [9.17, 15) is 9.50 Å². The maximum Gasteiger partial charge on any atom is 0.141 e. The van der Waals surface area contributed by atoms with Crippen molar-refractivity contribution in [2.45, 2.75) is 51.3 Å². The van der Waals surface area contributed by atoms with Gasteiger partial charge in [0, 0.05) is 68.5 Å². The lowest BCUT2D eigenvalue weighted by Gasteiger charge is -2.52. The second-order valence-corrected chi connectivity index (χ2v) is 9.52. The summed E-state index contributed by atoms with van der Waals surface area (Å²) in [6, 6.07) is 5.39. The van der Waals surface area contributed by atoms with Crippen molar-refractivity contribution in [3.8, 4) is 0 Å². The van der Waals surface area contributed by atoms with Gasteiger partial charge >= 0.3 is 0 Å². The largest absolute Gasteiger partial charge is 0.381 e. The van der Waals surface area contributed by atoms with Gasteiger partial charge in [-0.3, -0.25) is 4.90 Å². The van der Waals surface area contributed by atoms with E-state index in [4.69, 9.17) is 0 Å². The molecule has 30 heavy (non-hydrogen) atoms. The number of hydrogen-bond acceptors (Lipinski definition) is 3. The van der Waals surface area contributed by atoms with Crippen LogP contribution in [0.3, 0.4) is 0 Å². The highest BCUT2D eigenvalue weighted by molar-refractivity contribution is 5.84. The van der Waals surface area contributed by atoms with Crippen LogP contribution in [0.4, 0.5) is 4.39 Å². The third-order valence-corrected chi connectivity index (χ3v) is 7.32. The summed E-state index contributed by atoms with van der Waals surface area (Å²) in [7, 11) is 1.97. The van der Waals surface area contributed by atoms with E-state index in [1.54, 1.807) is 18.3 Å². The van der Waals surface area contributed by atoms with E-state index in [1.165, 1.54) is 12.0 Å². The molecule has 6 heteroatoms. The van der Waals surface area contributed by atoms with Crippen molar-refractivity contribution in [3.05, 3.63) is 54.0 Å². The van der Waals surface area contributed by atoms with E-state index in [0.29, 0.717) is 0 Å². The molecule has 5 nitrogen and oxygen atoms in total. The van der Waals surface area contributed by atoms with Gasteiger partial charge in [-0.2, -0.15) is 0 Å². The van der Waals surface area contributed by atoms with Crippen LogP contribution >= 0.6 is 0 Å². The second kappa shape index (κ2) is 7.20. The number of piperidine rings is 1. The van der Waals surface area contributed by atoms with Crippen LogP contribution in [-0.4, -0.2) is 37.2 Å². The molecule has 0 spiro atoms. The van der Waals surface area contributed by atoms with Crippen LogP contribution in [0, 0.1) is 17.7 Å². The number of hydrogen-bond donors (Lipinski definition) is 1. The molecule has 1 saturated heterocycles. The number of aromatic nitrogens is 3. The fourth-order valence-electron chi connectivity index (χ4n) is 5.88. The first-order chi connectivity index (χ1) is 14.4. The molecule has 0 unspecified atom stereocenters. The van der Waals surface area contributed by atoms with E-state index < -0.39 is 5.60 Å². The van der Waals surface area contributed by atoms with Crippen LogP contribution in [0.15, 0.2) is 36.8 Å². The monoisotopic (exact) mass is 410 g/mol. The highest BCUT2D eigenvalue weighted by atomic mass is 19.1. The predicted octanol–water partition coefficient (Wildman–Crippen LogP) is 4.21. The number of aliphatic hydroxyl groups is 1. The third-order valence-electron chi connectivity index (χ3n) is 7.32. The zero-order chi connectivity index (χ0) is 21.0. The molecule has 1 aliphatic carbocycles. The first-order valence-electron chi connectivity index (χ1n) is 11.1. The molecule has 0 radical (unpaired) electrons. The Morgan fingerprint density at radius 1 is 1.23 bits per heavy atom. The van der Waals surface area contributed by atoms with Crippen LogP contribution < -0.4 is 0 Å². The number of rotatable bonds is 4. The molecule has 1 saturated carbocycles. The maximum atomic E-state index is 13.9. The SMILES string of the molecule is CC(C)n1cc(CN2C[C@@H]3CCC[C@@H](C2)C3(O)c2nccn2C)c2ccc(F)cc21. The van der Waals surface area contributed by atoms with Crippen molar-refractivity contribution in [2.24, 2.45) is 18.9 Å². The molecule has 3 heterocycles. The lowest BCUT2D eigenvalue weighted by Crippen LogP contribution is -2.58. The number of aryl methyl sites for hydroxylation is 1. The van der Waals surface area contributed by atoms with Gasteiger partial charge in [-0.05, 0) is 50.5 Å². The smallest absolute Gasteiger partial charge is 0.141 e. The number of nitrogens with zero attached hydrogens (tertiary/aromatic N) is 4. The van der Waals surface area contributed by atoms with Gasteiger partial charge in [-0.15, -0.1) is 0 Å². The summed E-state index contributed by atoms with van der Waals surface area (Å²) in [4.78, 5) is 7.01. The molecule has 2 bridgehead atoms. The molecule has 2 aromatic heterocycles. The summed E-state index contributed by atoms with van der Waals surface area (Å²) in [5, 5.41) is 12.9. The summed E-state index contributed by atoms with van der Waals surface area (Å²) in [5.41, 5.74) is 1.35.